The molecule has 3 aromatic rings. The molecule has 170 valence electrons. The molecule has 1 fully saturated rings. The van der Waals surface area contributed by atoms with Crippen molar-refractivity contribution in [3.63, 3.8) is 0 Å². The normalized spacial score (nSPS) is 17.8. The van der Waals surface area contributed by atoms with Crippen LogP contribution in [0.25, 0.3) is 17.2 Å². The van der Waals surface area contributed by atoms with Gasteiger partial charge in [-0.05, 0) is 48.4 Å². The Hall–Kier alpha value is -3.37. The minimum atomic E-state index is -0.364. The fourth-order valence-corrected chi connectivity index (χ4v) is 4.20. The molecule has 1 amide bonds. The lowest BCUT2D eigenvalue weighted by Gasteiger charge is -2.14. The molecule has 0 aromatic heterocycles. The number of hydrogen-bond acceptors (Lipinski definition) is 3. The number of alkyl carbamates (subject to hydrolysis) is 1. The van der Waals surface area contributed by atoms with Gasteiger partial charge in [0.25, 0.3) is 0 Å². The molecule has 3 aromatic carbocycles. The second-order valence-corrected chi connectivity index (χ2v) is 8.53. The van der Waals surface area contributed by atoms with Crippen molar-refractivity contribution in [2.75, 3.05) is 6.61 Å². The Morgan fingerprint density at radius 1 is 1.00 bits per heavy atom. The van der Waals surface area contributed by atoms with Gasteiger partial charge in [0, 0.05) is 6.04 Å². The topological polar surface area (TPSA) is 47.6 Å². The Morgan fingerprint density at radius 3 is 2.55 bits per heavy atom. The van der Waals surface area contributed by atoms with E-state index in [9.17, 15) is 4.79 Å². The molecule has 4 heteroatoms. The summed E-state index contributed by atoms with van der Waals surface area (Å²) in [5.41, 5.74) is 5.85. The van der Waals surface area contributed by atoms with E-state index in [1.54, 1.807) is 0 Å². The Balaban J connectivity index is 1.22. The maximum Gasteiger partial charge on any atom is 0.407 e. The van der Waals surface area contributed by atoms with Crippen molar-refractivity contribution in [3.8, 4) is 11.1 Å². The number of carbonyl (C=O) groups excluding carboxylic acids is 1. The van der Waals surface area contributed by atoms with E-state index in [1.165, 1.54) is 22.3 Å². The van der Waals surface area contributed by atoms with Crippen molar-refractivity contribution in [2.24, 2.45) is 0 Å². The zero-order valence-corrected chi connectivity index (χ0v) is 19.1. The van der Waals surface area contributed by atoms with Crippen LogP contribution in [0, 0.1) is 6.92 Å². The number of benzene rings is 3. The molecule has 1 aliphatic rings. The first kappa shape index (κ1) is 22.8. The summed E-state index contributed by atoms with van der Waals surface area (Å²) in [6, 6.07) is 26.8. The van der Waals surface area contributed by atoms with Crippen LogP contribution in [-0.2, 0) is 16.1 Å². The Labute approximate surface area is 196 Å². The van der Waals surface area contributed by atoms with Gasteiger partial charge in [-0.2, -0.15) is 0 Å². The number of ether oxygens (including phenoxy) is 2. The smallest absolute Gasteiger partial charge is 0.407 e. The molecule has 0 aliphatic heterocycles. The van der Waals surface area contributed by atoms with Crippen molar-refractivity contribution < 1.29 is 14.3 Å². The SMILES string of the molecule is Cc1ccc(/C=C\COC2CCC(NC(=O)OCc3ccccc3)C2)c(-c2ccccc2)c1. The van der Waals surface area contributed by atoms with Crippen molar-refractivity contribution in [2.45, 2.75) is 44.9 Å². The summed E-state index contributed by atoms with van der Waals surface area (Å²) in [5.74, 6) is 0. The zero-order chi connectivity index (χ0) is 22.9. The van der Waals surface area contributed by atoms with Gasteiger partial charge in [0.05, 0.1) is 12.7 Å². The first-order chi connectivity index (χ1) is 16.2. The largest absolute Gasteiger partial charge is 0.445 e. The molecular formula is C29H31NO3. The molecule has 0 heterocycles. The fraction of sp³-hybridized carbons (Fsp3) is 0.276. The van der Waals surface area contributed by atoms with Crippen LogP contribution in [-0.4, -0.2) is 24.8 Å². The molecule has 1 aliphatic carbocycles. The summed E-state index contributed by atoms with van der Waals surface area (Å²) in [4.78, 5) is 12.1. The molecule has 0 bridgehead atoms. The van der Waals surface area contributed by atoms with Gasteiger partial charge in [-0.15, -0.1) is 0 Å². The maximum absolute atomic E-state index is 12.1. The van der Waals surface area contributed by atoms with Gasteiger partial charge in [-0.1, -0.05) is 96.6 Å². The van der Waals surface area contributed by atoms with Gasteiger partial charge in [0.2, 0.25) is 0 Å². The minimum Gasteiger partial charge on any atom is -0.445 e. The molecule has 0 saturated heterocycles. The summed E-state index contributed by atoms with van der Waals surface area (Å²) in [6.07, 6.45) is 6.66. The number of aryl methyl sites for hydroxylation is 1. The van der Waals surface area contributed by atoms with Crippen molar-refractivity contribution >= 4 is 12.2 Å². The molecular weight excluding hydrogens is 410 g/mol. The predicted molar refractivity (Wildman–Crippen MR) is 133 cm³/mol. The van der Waals surface area contributed by atoms with Crippen LogP contribution in [0.2, 0.25) is 0 Å². The van der Waals surface area contributed by atoms with Crippen LogP contribution in [0.15, 0.2) is 84.9 Å². The Bertz CT molecular complexity index is 1060. The van der Waals surface area contributed by atoms with Gasteiger partial charge in [0.15, 0.2) is 0 Å². The third-order valence-corrected chi connectivity index (χ3v) is 5.94. The van der Waals surface area contributed by atoms with Gasteiger partial charge in [-0.25, -0.2) is 4.79 Å². The molecule has 33 heavy (non-hydrogen) atoms. The van der Waals surface area contributed by atoms with Crippen LogP contribution >= 0.6 is 0 Å². The van der Waals surface area contributed by atoms with E-state index in [0.717, 1.165) is 24.8 Å². The zero-order valence-electron chi connectivity index (χ0n) is 19.1. The Kier molecular flexibility index (Phi) is 7.94. The highest BCUT2D eigenvalue weighted by molar-refractivity contribution is 5.75. The summed E-state index contributed by atoms with van der Waals surface area (Å²) in [6.45, 7) is 2.96. The third-order valence-electron chi connectivity index (χ3n) is 5.94. The average molecular weight is 442 g/mol. The lowest BCUT2D eigenvalue weighted by Crippen LogP contribution is -2.33. The van der Waals surface area contributed by atoms with Gasteiger partial charge >= 0.3 is 6.09 Å². The molecule has 4 rings (SSSR count). The van der Waals surface area contributed by atoms with Crippen LogP contribution in [0.4, 0.5) is 4.79 Å². The first-order valence-corrected chi connectivity index (χ1v) is 11.6. The van der Waals surface area contributed by atoms with Gasteiger partial charge in [0.1, 0.15) is 6.61 Å². The monoisotopic (exact) mass is 441 g/mol. The molecule has 1 N–H and O–H groups in total. The van der Waals surface area contributed by atoms with Crippen LogP contribution in [0.3, 0.4) is 0 Å². The van der Waals surface area contributed by atoms with Gasteiger partial charge in [-0.3, -0.25) is 0 Å². The molecule has 4 nitrogen and oxygen atoms in total. The van der Waals surface area contributed by atoms with Crippen molar-refractivity contribution in [3.05, 3.63) is 102 Å². The van der Waals surface area contributed by atoms with E-state index in [2.05, 4.69) is 66.9 Å². The van der Waals surface area contributed by atoms with Crippen molar-refractivity contribution in [1.29, 1.82) is 0 Å². The van der Waals surface area contributed by atoms with E-state index >= 15 is 0 Å². The lowest BCUT2D eigenvalue weighted by atomic mass is 9.97. The van der Waals surface area contributed by atoms with Gasteiger partial charge < -0.3 is 14.8 Å². The van der Waals surface area contributed by atoms with Crippen molar-refractivity contribution in [1.82, 2.24) is 5.32 Å². The maximum atomic E-state index is 12.1. The standard InChI is InChI=1S/C29H31NO3/c1-22-14-15-25(28(19-22)24-11-6-3-7-12-24)13-8-18-32-27-17-16-26(20-27)30-29(31)33-21-23-9-4-2-5-10-23/h2-15,19,26-27H,16-18,20-21H2,1H3,(H,30,31)/b13-8-. The predicted octanol–water partition coefficient (Wildman–Crippen LogP) is 6.54. The minimum absolute atomic E-state index is 0.101. The highest BCUT2D eigenvalue weighted by Crippen LogP contribution is 2.26. The summed E-state index contributed by atoms with van der Waals surface area (Å²) in [7, 11) is 0. The van der Waals surface area contributed by atoms with Crippen LogP contribution in [0.5, 0.6) is 0 Å². The number of hydrogen-bond donors (Lipinski definition) is 1. The van der Waals surface area contributed by atoms with E-state index < -0.39 is 0 Å². The number of carbonyl (C=O) groups is 1. The number of amides is 1. The lowest BCUT2D eigenvalue weighted by molar-refractivity contribution is 0.0778. The van der Waals surface area contributed by atoms with E-state index in [0.29, 0.717) is 6.61 Å². The number of nitrogens with one attached hydrogen (secondary N) is 1. The highest BCUT2D eigenvalue weighted by atomic mass is 16.5. The first-order valence-electron chi connectivity index (χ1n) is 11.6. The van der Waals surface area contributed by atoms with E-state index in [4.69, 9.17) is 9.47 Å². The summed E-state index contributed by atoms with van der Waals surface area (Å²) >= 11 is 0. The fourth-order valence-electron chi connectivity index (χ4n) is 4.20. The summed E-state index contributed by atoms with van der Waals surface area (Å²) in [5, 5.41) is 2.97. The molecule has 0 spiro atoms. The van der Waals surface area contributed by atoms with E-state index in [1.807, 2.05) is 36.4 Å². The van der Waals surface area contributed by atoms with Crippen LogP contribution in [0.1, 0.15) is 36.0 Å². The van der Waals surface area contributed by atoms with Crippen LogP contribution < -0.4 is 5.32 Å². The Morgan fingerprint density at radius 2 is 1.76 bits per heavy atom. The molecule has 0 radical (unpaired) electrons. The highest BCUT2D eigenvalue weighted by Gasteiger charge is 2.26. The second kappa shape index (κ2) is 11.5. The third kappa shape index (κ3) is 6.80. The quantitative estimate of drug-likeness (QED) is 0.432. The molecule has 1 saturated carbocycles. The van der Waals surface area contributed by atoms with E-state index in [-0.39, 0.29) is 24.8 Å². The number of rotatable bonds is 8. The summed E-state index contributed by atoms with van der Waals surface area (Å²) < 4.78 is 11.4. The average Bonchev–Trinajstić information content (AvgIpc) is 3.29. The second-order valence-electron chi connectivity index (χ2n) is 8.53. The molecule has 2 atom stereocenters. The molecule has 2 unspecified atom stereocenters.